The first kappa shape index (κ1) is 15.6. The molecule has 0 aromatic heterocycles. The highest BCUT2D eigenvalue weighted by Gasteiger charge is 2.38. The Hall–Kier alpha value is -0.800. The van der Waals surface area contributed by atoms with Crippen molar-refractivity contribution in [3.05, 3.63) is 0 Å². The van der Waals surface area contributed by atoms with E-state index in [1.165, 1.54) is 4.90 Å². The van der Waals surface area contributed by atoms with Crippen molar-refractivity contribution in [3.63, 3.8) is 0 Å². The third kappa shape index (κ3) is 3.86. The molecule has 2 atom stereocenters. The number of hydrogen-bond donors (Lipinski definition) is 2. The van der Waals surface area contributed by atoms with Gasteiger partial charge in [0, 0.05) is 24.1 Å². The fourth-order valence-electron chi connectivity index (χ4n) is 2.48. The SMILES string of the molecule is O=C(O)CN(C(=O)C1CSCCN1)C1CCS(=O)(=O)C1. The topological polar surface area (TPSA) is 104 Å². The number of rotatable bonds is 4. The van der Waals surface area contributed by atoms with Crippen LogP contribution in [0.5, 0.6) is 0 Å². The lowest BCUT2D eigenvalue weighted by atomic mass is 10.1. The van der Waals surface area contributed by atoms with Crippen LogP contribution in [0.15, 0.2) is 0 Å². The van der Waals surface area contributed by atoms with E-state index in [0.29, 0.717) is 18.7 Å². The second-order valence-corrected chi connectivity index (χ2v) is 8.38. The van der Waals surface area contributed by atoms with E-state index in [4.69, 9.17) is 5.11 Å². The molecule has 20 heavy (non-hydrogen) atoms. The summed E-state index contributed by atoms with van der Waals surface area (Å²) in [5.41, 5.74) is 0. The van der Waals surface area contributed by atoms with E-state index >= 15 is 0 Å². The Morgan fingerprint density at radius 3 is 2.65 bits per heavy atom. The zero-order valence-electron chi connectivity index (χ0n) is 10.9. The summed E-state index contributed by atoms with van der Waals surface area (Å²) in [5, 5.41) is 12.0. The van der Waals surface area contributed by atoms with Crippen molar-refractivity contribution in [2.45, 2.75) is 18.5 Å². The predicted molar refractivity (Wildman–Crippen MR) is 75.5 cm³/mol. The van der Waals surface area contributed by atoms with Gasteiger partial charge in [-0.05, 0) is 6.42 Å². The number of thioether (sulfide) groups is 1. The molecule has 0 radical (unpaired) electrons. The smallest absolute Gasteiger partial charge is 0.323 e. The lowest BCUT2D eigenvalue weighted by molar-refractivity contribution is -0.146. The van der Waals surface area contributed by atoms with E-state index in [0.717, 1.165) is 5.75 Å². The van der Waals surface area contributed by atoms with Crippen molar-refractivity contribution in [3.8, 4) is 0 Å². The first-order valence-electron chi connectivity index (χ1n) is 6.43. The first-order chi connectivity index (χ1) is 9.39. The monoisotopic (exact) mass is 322 g/mol. The van der Waals surface area contributed by atoms with Crippen molar-refractivity contribution in [2.75, 3.05) is 36.1 Å². The van der Waals surface area contributed by atoms with Crippen molar-refractivity contribution in [1.29, 1.82) is 0 Å². The van der Waals surface area contributed by atoms with Crippen molar-refractivity contribution in [2.24, 2.45) is 0 Å². The standard InChI is InChI=1S/C11H18N2O5S2/c14-10(15)5-13(8-1-4-20(17,18)7-8)11(16)9-6-19-3-2-12-9/h8-9,12H,1-7H2,(H,14,15). The van der Waals surface area contributed by atoms with Crippen LogP contribution in [0.3, 0.4) is 0 Å². The zero-order valence-corrected chi connectivity index (χ0v) is 12.6. The number of carbonyl (C=O) groups is 2. The molecule has 9 heteroatoms. The van der Waals surface area contributed by atoms with Gasteiger partial charge in [-0.1, -0.05) is 0 Å². The van der Waals surface area contributed by atoms with Gasteiger partial charge in [-0.2, -0.15) is 11.8 Å². The lowest BCUT2D eigenvalue weighted by Crippen LogP contribution is -2.55. The van der Waals surface area contributed by atoms with E-state index in [9.17, 15) is 18.0 Å². The molecule has 2 rings (SSSR count). The van der Waals surface area contributed by atoms with Crippen molar-refractivity contribution >= 4 is 33.5 Å². The van der Waals surface area contributed by atoms with Crippen LogP contribution < -0.4 is 5.32 Å². The van der Waals surface area contributed by atoms with Crippen LogP contribution in [-0.4, -0.2) is 78.5 Å². The summed E-state index contributed by atoms with van der Waals surface area (Å²) in [6, 6.07) is -0.936. The number of aliphatic carboxylic acids is 1. The Morgan fingerprint density at radius 2 is 2.15 bits per heavy atom. The normalized spacial score (nSPS) is 29.0. The average molecular weight is 322 g/mol. The number of sulfone groups is 1. The predicted octanol–water partition coefficient (Wildman–Crippen LogP) is -1.21. The number of hydrogen-bond acceptors (Lipinski definition) is 6. The molecule has 2 heterocycles. The van der Waals surface area contributed by atoms with Gasteiger partial charge < -0.3 is 15.3 Å². The summed E-state index contributed by atoms with van der Waals surface area (Å²) >= 11 is 1.63. The van der Waals surface area contributed by atoms with Crippen molar-refractivity contribution in [1.82, 2.24) is 10.2 Å². The molecule has 7 nitrogen and oxygen atoms in total. The van der Waals surface area contributed by atoms with E-state index in [-0.39, 0.29) is 17.4 Å². The fourth-order valence-corrected chi connectivity index (χ4v) is 5.13. The Labute approximate surface area is 122 Å². The summed E-state index contributed by atoms with van der Waals surface area (Å²) in [5.74, 6) is -0.0258. The van der Waals surface area contributed by atoms with Crippen LogP contribution in [0.2, 0.25) is 0 Å². The molecule has 2 aliphatic heterocycles. The van der Waals surface area contributed by atoms with Gasteiger partial charge in [-0.15, -0.1) is 0 Å². The van der Waals surface area contributed by atoms with Crippen LogP contribution in [0.25, 0.3) is 0 Å². The molecule has 1 amide bonds. The summed E-state index contributed by atoms with van der Waals surface area (Å²) < 4.78 is 23.0. The van der Waals surface area contributed by atoms with Crippen LogP contribution in [0, 0.1) is 0 Å². The molecular weight excluding hydrogens is 304 g/mol. The molecule has 2 N–H and O–H groups in total. The Bertz CT molecular complexity index is 487. The number of nitrogens with zero attached hydrogens (tertiary/aromatic N) is 1. The highest BCUT2D eigenvalue weighted by molar-refractivity contribution is 7.99. The van der Waals surface area contributed by atoms with E-state index in [2.05, 4.69) is 5.32 Å². The minimum atomic E-state index is -3.15. The van der Waals surface area contributed by atoms with E-state index in [1.54, 1.807) is 11.8 Å². The molecule has 2 unspecified atom stereocenters. The second kappa shape index (κ2) is 6.31. The highest BCUT2D eigenvalue weighted by Crippen LogP contribution is 2.20. The van der Waals surface area contributed by atoms with Crippen LogP contribution in [0.4, 0.5) is 0 Å². The van der Waals surface area contributed by atoms with Crippen LogP contribution in [0.1, 0.15) is 6.42 Å². The number of carboxylic acid groups (broad SMARTS) is 1. The zero-order chi connectivity index (χ0) is 14.8. The molecule has 0 bridgehead atoms. The lowest BCUT2D eigenvalue weighted by Gasteiger charge is -2.32. The molecule has 0 aliphatic carbocycles. The number of nitrogens with one attached hydrogen (secondary N) is 1. The summed E-state index contributed by atoms with van der Waals surface area (Å²) in [6.45, 7) is 0.257. The maximum atomic E-state index is 12.4. The highest BCUT2D eigenvalue weighted by atomic mass is 32.2. The van der Waals surface area contributed by atoms with Gasteiger partial charge in [0.1, 0.15) is 6.54 Å². The summed E-state index contributed by atoms with van der Waals surface area (Å²) in [7, 11) is -3.15. The van der Waals surface area contributed by atoms with E-state index in [1.807, 2.05) is 0 Å². The molecule has 114 valence electrons. The fraction of sp³-hybridized carbons (Fsp3) is 0.818. The van der Waals surface area contributed by atoms with Gasteiger partial charge in [-0.3, -0.25) is 9.59 Å². The number of amides is 1. The molecule has 0 aromatic rings. The maximum absolute atomic E-state index is 12.4. The van der Waals surface area contributed by atoms with Gasteiger partial charge in [0.15, 0.2) is 9.84 Å². The van der Waals surface area contributed by atoms with Gasteiger partial charge in [-0.25, -0.2) is 8.42 Å². The van der Waals surface area contributed by atoms with Gasteiger partial charge >= 0.3 is 5.97 Å². The summed E-state index contributed by atoms with van der Waals surface area (Å²) in [6.07, 6.45) is 0.321. The molecule has 0 aromatic carbocycles. The second-order valence-electron chi connectivity index (χ2n) is 5.00. The molecule has 2 aliphatic rings. The average Bonchev–Trinajstić information content (AvgIpc) is 2.76. The summed E-state index contributed by atoms with van der Waals surface area (Å²) in [4.78, 5) is 24.6. The molecule has 0 saturated carbocycles. The van der Waals surface area contributed by atoms with Gasteiger partial charge in [0.25, 0.3) is 0 Å². The molecular formula is C11H18N2O5S2. The Kier molecular flexibility index (Phi) is 4.92. The third-order valence-electron chi connectivity index (χ3n) is 3.46. The largest absolute Gasteiger partial charge is 0.480 e. The van der Waals surface area contributed by atoms with Gasteiger partial charge in [0.2, 0.25) is 5.91 Å². The maximum Gasteiger partial charge on any atom is 0.323 e. The molecule has 0 spiro atoms. The van der Waals surface area contributed by atoms with E-state index < -0.39 is 34.4 Å². The van der Waals surface area contributed by atoms with Crippen LogP contribution in [-0.2, 0) is 19.4 Å². The van der Waals surface area contributed by atoms with Crippen molar-refractivity contribution < 1.29 is 23.1 Å². The van der Waals surface area contributed by atoms with Crippen LogP contribution >= 0.6 is 11.8 Å². The molecule has 2 saturated heterocycles. The number of carboxylic acids is 1. The Balaban J connectivity index is 2.10. The minimum absolute atomic E-state index is 0.0217. The minimum Gasteiger partial charge on any atom is -0.480 e. The first-order valence-corrected chi connectivity index (χ1v) is 9.40. The quantitative estimate of drug-likeness (QED) is 0.669. The third-order valence-corrected chi connectivity index (χ3v) is 6.27. The van der Waals surface area contributed by atoms with Gasteiger partial charge in [0.05, 0.1) is 17.5 Å². The molecule has 2 fully saturated rings. The number of carbonyl (C=O) groups excluding carboxylic acids is 1. The Morgan fingerprint density at radius 1 is 1.40 bits per heavy atom.